The van der Waals surface area contributed by atoms with Gasteiger partial charge in [-0.15, -0.1) is 0 Å². The van der Waals surface area contributed by atoms with Crippen LogP contribution in [-0.4, -0.2) is 25.4 Å². The van der Waals surface area contributed by atoms with E-state index in [-0.39, 0.29) is 0 Å². The number of carbonyl (C=O) groups excluding carboxylic acids is 1. The van der Waals surface area contributed by atoms with Gasteiger partial charge in [0.05, 0.1) is 13.2 Å². The number of rotatable bonds is 5. The minimum atomic E-state index is -4.70. The Kier molecular flexibility index (Phi) is 4.74. The molecule has 1 aromatic rings. The van der Waals surface area contributed by atoms with Crippen molar-refractivity contribution in [3.05, 3.63) is 29.8 Å². The summed E-state index contributed by atoms with van der Waals surface area (Å²) in [7, 11) is 1.42. The molecule has 7 heteroatoms. The fourth-order valence-corrected chi connectivity index (χ4v) is 1.39. The molecule has 1 unspecified atom stereocenters. The predicted octanol–water partition coefficient (Wildman–Crippen LogP) is 2.77. The van der Waals surface area contributed by atoms with Crippen molar-refractivity contribution in [1.82, 2.24) is 5.32 Å². The van der Waals surface area contributed by atoms with Crippen LogP contribution in [-0.2, 0) is 4.79 Å². The molecule has 3 nitrogen and oxygen atoms in total. The van der Waals surface area contributed by atoms with Crippen LogP contribution in [0.15, 0.2) is 24.3 Å². The first-order chi connectivity index (χ1) is 8.78. The van der Waals surface area contributed by atoms with E-state index in [2.05, 4.69) is 0 Å². The van der Waals surface area contributed by atoms with Crippen molar-refractivity contribution in [1.29, 1.82) is 0 Å². The summed E-state index contributed by atoms with van der Waals surface area (Å²) in [5, 5.41) is 1.84. The van der Waals surface area contributed by atoms with Gasteiger partial charge in [-0.05, 0) is 24.6 Å². The molecule has 0 saturated heterocycles. The topological polar surface area (TPSA) is 38.3 Å². The van der Waals surface area contributed by atoms with Crippen LogP contribution in [0.1, 0.15) is 18.5 Å². The average Bonchev–Trinajstić information content (AvgIpc) is 2.38. The van der Waals surface area contributed by atoms with E-state index >= 15 is 0 Å². The number of hydrogen-bond acceptors (Lipinski definition) is 2. The van der Waals surface area contributed by atoms with Crippen LogP contribution in [0, 0.1) is 0 Å². The number of halogens is 4. The minimum absolute atomic E-state index is 0.470. The molecule has 1 rings (SSSR count). The third kappa shape index (κ3) is 3.59. The van der Waals surface area contributed by atoms with Crippen LogP contribution in [0.2, 0.25) is 0 Å². The quantitative estimate of drug-likeness (QED) is 0.842. The number of hydrogen-bond donors (Lipinski definition) is 1. The Morgan fingerprint density at radius 2 is 2.00 bits per heavy atom. The number of methoxy groups -OCH3 is 1. The molecule has 1 atom stereocenters. The Balaban J connectivity index is 2.79. The molecule has 19 heavy (non-hydrogen) atoms. The molecule has 1 N–H and O–H groups in total. The zero-order valence-electron chi connectivity index (χ0n) is 10.3. The van der Waals surface area contributed by atoms with Crippen molar-refractivity contribution < 1.29 is 27.1 Å². The summed E-state index contributed by atoms with van der Waals surface area (Å²) in [6, 6.07) is 5.47. The largest absolute Gasteiger partial charge is 0.497 e. The molecule has 0 saturated carbocycles. The van der Waals surface area contributed by atoms with E-state index in [4.69, 9.17) is 4.74 Å². The highest BCUT2D eigenvalue weighted by Crippen LogP contribution is 2.25. The lowest BCUT2D eigenvalue weighted by Gasteiger charge is -2.19. The van der Waals surface area contributed by atoms with Gasteiger partial charge >= 0.3 is 12.3 Å². The van der Waals surface area contributed by atoms with E-state index in [9.17, 15) is 22.4 Å². The van der Waals surface area contributed by atoms with Gasteiger partial charge in [0.1, 0.15) is 5.75 Å². The number of amides is 1. The Hall–Kier alpha value is -1.79. The third-order valence-corrected chi connectivity index (χ3v) is 2.52. The molecule has 1 aromatic carbocycles. The van der Waals surface area contributed by atoms with Crippen molar-refractivity contribution in [2.75, 3.05) is 7.11 Å². The van der Waals surface area contributed by atoms with Crippen molar-refractivity contribution in [3.63, 3.8) is 0 Å². The van der Waals surface area contributed by atoms with Crippen LogP contribution in [0.3, 0.4) is 0 Å². The lowest BCUT2D eigenvalue weighted by atomic mass is 10.1. The molecule has 0 radical (unpaired) electrons. The second-order valence-electron chi connectivity index (χ2n) is 3.90. The predicted molar refractivity (Wildman–Crippen MR) is 60.5 cm³/mol. The van der Waals surface area contributed by atoms with E-state index in [0.29, 0.717) is 11.3 Å². The highest BCUT2D eigenvalue weighted by atomic mass is 19.3. The molecule has 0 spiro atoms. The minimum Gasteiger partial charge on any atom is -0.497 e. The standard InChI is InChI=1S/C12H13F4NO2/c1-7(8-4-3-5-9(6-8)19-2)17-11(18)12(15,16)10(13)14/h3-7,10H,1-2H3,(H,17,18). The second-order valence-corrected chi connectivity index (χ2v) is 3.90. The summed E-state index contributed by atoms with van der Waals surface area (Å²) in [6.07, 6.45) is -4.04. The molecular weight excluding hydrogens is 266 g/mol. The first-order valence-electron chi connectivity index (χ1n) is 5.40. The maximum atomic E-state index is 12.8. The third-order valence-electron chi connectivity index (χ3n) is 2.52. The highest BCUT2D eigenvalue weighted by molar-refractivity contribution is 5.84. The number of carbonyl (C=O) groups is 1. The Morgan fingerprint density at radius 3 is 2.53 bits per heavy atom. The smallest absolute Gasteiger partial charge is 0.383 e. The molecule has 106 valence electrons. The SMILES string of the molecule is COc1cccc(C(C)NC(=O)C(F)(F)C(F)F)c1. The molecule has 0 aromatic heterocycles. The van der Waals surface area contributed by atoms with Gasteiger partial charge in [0.25, 0.3) is 5.91 Å². The van der Waals surface area contributed by atoms with Gasteiger partial charge < -0.3 is 10.1 Å². The fraction of sp³-hybridized carbons (Fsp3) is 0.417. The molecule has 0 heterocycles. The number of nitrogens with one attached hydrogen (secondary N) is 1. The normalized spacial score (nSPS) is 13.2. The van der Waals surface area contributed by atoms with Crippen LogP contribution in [0.25, 0.3) is 0 Å². The first kappa shape index (κ1) is 15.3. The molecule has 0 fully saturated rings. The summed E-state index contributed by atoms with van der Waals surface area (Å²) in [5.74, 6) is -6.23. The molecule has 1 amide bonds. The van der Waals surface area contributed by atoms with Gasteiger partial charge in [-0.25, -0.2) is 8.78 Å². The van der Waals surface area contributed by atoms with Gasteiger partial charge in [-0.2, -0.15) is 8.78 Å². The van der Waals surface area contributed by atoms with E-state index in [1.807, 2.05) is 5.32 Å². The van der Waals surface area contributed by atoms with Crippen molar-refractivity contribution in [2.45, 2.75) is 25.3 Å². The summed E-state index contributed by atoms with van der Waals surface area (Å²) in [6.45, 7) is 1.41. The summed E-state index contributed by atoms with van der Waals surface area (Å²) in [5.41, 5.74) is 0.470. The van der Waals surface area contributed by atoms with Gasteiger partial charge in [-0.1, -0.05) is 12.1 Å². The van der Waals surface area contributed by atoms with E-state index in [0.717, 1.165) is 0 Å². The van der Waals surface area contributed by atoms with Crippen molar-refractivity contribution in [3.8, 4) is 5.75 Å². The molecular formula is C12H13F4NO2. The monoisotopic (exact) mass is 279 g/mol. The first-order valence-corrected chi connectivity index (χ1v) is 5.40. The van der Waals surface area contributed by atoms with E-state index in [1.54, 1.807) is 18.2 Å². The Bertz CT molecular complexity index is 451. The van der Waals surface area contributed by atoms with Crippen LogP contribution in [0.5, 0.6) is 5.75 Å². The van der Waals surface area contributed by atoms with Crippen molar-refractivity contribution in [2.24, 2.45) is 0 Å². The summed E-state index contributed by atoms with van der Waals surface area (Å²) < 4.78 is 54.5. The summed E-state index contributed by atoms with van der Waals surface area (Å²) in [4.78, 5) is 11.1. The van der Waals surface area contributed by atoms with Gasteiger partial charge in [0.15, 0.2) is 0 Å². The maximum Gasteiger partial charge on any atom is 0.383 e. The zero-order chi connectivity index (χ0) is 14.6. The molecule has 0 bridgehead atoms. The van der Waals surface area contributed by atoms with Crippen LogP contribution < -0.4 is 10.1 Å². The fourth-order valence-electron chi connectivity index (χ4n) is 1.39. The second kappa shape index (κ2) is 5.90. The average molecular weight is 279 g/mol. The number of benzene rings is 1. The molecule has 0 aliphatic heterocycles. The lowest BCUT2D eigenvalue weighted by molar-refractivity contribution is -0.170. The Morgan fingerprint density at radius 1 is 1.37 bits per heavy atom. The van der Waals surface area contributed by atoms with Gasteiger partial charge in [0.2, 0.25) is 0 Å². The maximum absolute atomic E-state index is 12.8. The highest BCUT2D eigenvalue weighted by Gasteiger charge is 2.49. The van der Waals surface area contributed by atoms with Gasteiger partial charge in [0, 0.05) is 0 Å². The number of alkyl halides is 4. The van der Waals surface area contributed by atoms with E-state index < -0.39 is 24.3 Å². The van der Waals surface area contributed by atoms with Gasteiger partial charge in [-0.3, -0.25) is 4.79 Å². The van der Waals surface area contributed by atoms with E-state index in [1.165, 1.54) is 20.1 Å². The Labute approximate surface area is 107 Å². The lowest BCUT2D eigenvalue weighted by Crippen LogP contribution is -2.45. The van der Waals surface area contributed by atoms with Crippen LogP contribution >= 0.6 is 0 Å². The number of ether oxygens (including phenoxy) is 1. The molecule has 0 aliphatic carbocycles. The van der Waals surface area contributed by atoms with Crippen LogP contribution in [0.4, 0.5) is 17.6 Å². The summed E-state index contributed by atoms with van der Waals surface area (Å²) >= 11 is 0. The van der Waals surface area contributed by atoms with Crippen molar-refractivity contribution >= 4 is 5.91 Å². The molecule has 0 aliphatic rings. The zero-order valence-corrected chi connectivity index (χ0v) is 10.3.